The van der Waals surface area contributed by atoms with Crippen molar-refractivity contribution in [3.05, 3.63) is 26.3 Å². The van der Waals surface area contributed by atoms with Crippen molar-refractivity contribution in [2.24, 2.45) is 7.05 Å². The molecule has 0 saturated heterocycles. The first kappa shape index (κ1) is 11.3. The third-order valence-electron chi connectivity index (χ3n) is 2.47. The van der Waals surface area contributed by atoms with Crippen molar-refractivity contribution in [1.29, 1.82) is 0 Å². The number of nitrogens with two attached hydrogens (primary N) is 1. The normalized spacial score (nSPS) is 10.9. The molecule has 90 valence electrons. The summed E-state index contributed by atoms with van der Waals surface area (Å²) in [6.07, 6.45) is 1.32. The highest BCUT2D eigenvalue weighted by Crippen LogP contribution is 2.03. The number of H-pyrrole nitrogens is 1. The van der Waals surface area contributed by atoms with Crippen molar-refractivity contribution in [3.63, 3.8) is 0 Å². The van der Waals surface area contributed by atoms with E-state index in [1.54, 1.807) is 7.05 Å². The van der Waals surface area contributed by atoms with Gasteiger partial charge in [0.2, 0.25) is 11.4 Å². The van der Waals surface area contributed by atoms with Crippen LogP contribution in [0.15, 0.2) is 9.59 Å². The summed E-state index contributed by atoms with van der Waals surface area (Å²) in [5, 5.41) is 4.12. The summed E-state index contributed by atoms with van der Waals surface area (Å²) in [6, 6.07) is 0. The molecule has 0 aliphatic carbocycles. The van der Waals surface area contributed by atoms with Crippen molar-refractivity contribution < 1.29 is 0 Å². The number of anilines is 1. The number of hydrogen-bond donors (Lipinski definition) is 2. The predicted molar refractivity (Wildman–Crippen MR) is 63.8 cm³/mol. The number of nitrogens with one attached hydrogen (secondary N) is 1. The summed E-state index contributed by atoms with van der Waals surface area (Å²) in [7, 11) is 1.63. The molecule has 0 fully saturated rings. The lowest BCUT2D eigenvalue weighted by molar-refractivity contribution is 0.709. The van der Waals surface area contributed by atoms with Crippen molar-refractivity contribution in [2.75, 3.05) is 5.73 Å². The zero-order chi connectivity index (χ0) is 12.6. The van der Waals surface area contributed by atoms with Gasteiger partial charge >= 0.3 is 0 Å². The van der Waals surface area contributed by atoms with Crippen molar-refractivity contribution in [3.8, 4) is 0 Å². The monoisotopic (exact) mass is 235 g/mol. The minimum absolute atomic E-state index is 0.0140. The Morgan fingerprint density at radius 3 is 2.76 bits per heavy atom. The summed E-state index contributed by atoms with van der Waals surface area (Å²) < 4.78 is 1.41. The van der Waals surface area contributed by atoms with Gasteiger partial charge in [-0.3, -0.25) is 14.6 Å². The summed E-state index contributed by atoms with van der Waals surface area (Å²) >= 11 is 0. The summed E-state index contributed by atoms with van der Waals surface area (Å²) in [5.74, 6) is -0.0254. The second-order valence-corrected chi connectivity index (χ2v) is 3.80. The quantitative estimate of drug-likeness (QED) is 0.733. The topological polar surface area (TPSA) is 107 Å². The van der Waals surface area contributed by atoms with Crippen LogP contribution in [0.4, 0.5) is 5.95 Å². The van der Waals surface area contributed by atoms with Gasteiger partial charge in [-0.25, -0.2) is 4.68 Å². The lowest BCUT2D eigenvalue weighted by atomic mass is 10.2. The van der Waals surface area contributed by atoms with Crippen LogP contribution in [-0.2, 0) is 13.5 Å². The van der Waals surface area contributed by atoms with E-state index in [0.29, 0.717) is 12.1 Å². The zero-order valence-electron chi connectivity index (χ0n) is 9.65. The smallest absolute Gasteiger partial charge is 0.265 e. The molecular formula is C10H13N5O2. The van der Waals surface area contributed by atoms with Crippen LogP contribution in [0.1, 0.15) is 19.0 Å². The lowest BCUT2D eigenvalue weighted by Crippen LogP contribution is -2.26. The van der Waals surface area contributed by atoms with Crippen LogP contribution in [0.5, 0.6) is 0 Å². The molecule has 7 heteroatoms. The lowest BCUT2D eigenvalue weighted by Gasteiger charge is -2.06. The molecule has 3 N–H and O–H groups in total. The fourth-order valence-electron chi connectivity index (χ4n) is 1.74. The SMILES string of the molecule is CCCc1nn(C)c2nc(N)[nH]c(=O)c2c1=O. The molecular weight excluding hydrogens is 222 g/mol. The molecule has 0 aromatic carbocycles. The average molecular weight is 235 g/mol. The Labute approximate surface area is 96.3 Å². The van der Waals surface area contributed by atoms with Gasteiger partial charge in [0.1, 0.15) is 11.1 Å². The molecule has 0 atom stereocenters. The zero-order valence-corrected chi connectivity index (χ0v) is 9.65. The summed E-state index contributed by atoms with van der Waals surface area (Å²) in [5.41, 5.74) is 5.12. The molecule has 0 unspecified atom stereocenters. The number of fused-ring (bicyclic) bond motifs is 1. The number of nitrogens with zero attached hydrogens (tertiary/aromatic N) is 3. The molecule has 2 rings (SSSR count). The van der Waals surface area contributed by atoms with Gasteiger partial charge in [-0.2, -0.15) is 10.1 Å². The summed E-state index contributed by atoms with van der Waals surface area (Å²) in [4.78, 5) is 30.0. The van der Waals surface area contributed by atoms with Gasteiger partial charge in [-0.05, 0) is 6.42 Å². The first-order chi connectivity index (χ1) is 8.04. The maximum atomic E-state index is 12.0. The molecule has 0 spiro atoms. The van der Waals surface area contributed by atoms with Crippen LogP contribution in [-0.4, -0.2) is 19.7 Å². The minimum atomic E-state index is -0.521. The molecule has 0 radical (unpaired) electrons. The predicted octanol–water partition coefficient (Wildman–Crippen LogP) is -0.449. The molecule has 0 aliphatic heterocycles. The van der Waals surface area contributed by atoms with Crippen LogP contribution < -0.4 is 16.7 Å². The molecule has 2 aromatic rings. The third kappa shape index (κ3) is 1.79. The van der Waals surface area contributed by atoms with Gasteiger partial charge in [-0.1, -0.05) is 13.3 Å². The van der Waals surface area contributed by atoms with Crippen LogP contribution in [0, 0.1) is 0 Å². The second-order valence-electron chi connectivity index (χ2n) is 3.80. The molecule has 0 amide bonds. The van der Waals surface area contributed by atoms with Gasteiger partial charge in [0.25, 0.3) is 5.56 Å². The van der Waals surface area contributed by atoms with Gasteiger partial charge in [0.05, 0.1) is 0 Å². The van der Waals surface area contributed by atoms with E-state index in [1.165, 1.54) is 4.68 Å². The fourth-order valence-corrected chi connectivity index (χ4v) is 1.74. The van der Waals surface area contributed by atoms with E-state index in [9.17, 15) is 9.59 Å². The van der Waals surface area contributed by atoms with E-state index in [1.807, 2.05) is 6.92 Å². The first-order valence-corrected chi connectivity index (χ1v) is 5.30. The number of aromatic amines is 1. The maximum Gasteiger partial charge on any atom is 0.265 e. The van der Waals surface area contributed by atoms with E-state index >= 15 is 0 Å². The summed E-state index contributed by atoms with van der Waals surface area (Å²) in [6.45, 7) is 1.94. The first-order valence-electron chi connectivity index (χ1n) is 5.30. The average Bonchev–Trinajstić information content (AvgIpc) is 2.25. The standard InChI is InChI=1S/C10H13N5O2/c1-3-4-5-7(16)6-8(15(2)14-5)12-10(11)13-9(6)17/h3-4H2,1-2H3,(H3,11,12,13,17). The highest BCUT2D eigenvalue weighted by atomic mass is 16.1. The molecule has 2 aromatic heterocycles. The van der Waals surface area contributed by atoms with Gasteiger partial charge < -0.3 is 5.73 Å². The maximum absolute atomic E-state index is 12.0. The van der Waals surface area contributed by atoms with Crippen molar-refractivity contribution >= 4 is 17.0 Å². The Morgan fingerprint density at radius 1 is 1.41 bits per heavy atom. The van der Waals surface area contributed by atoms with Crippen LogP contribution in [0.25, 0.3) is 11.0 Å². The van der Waals surface area contributed by atoms with Gasteiger partial charge in [0.15, 0.2) is 5.65 Å². The molecule has 0 aliphatic rings. The molecule has 17 heavy (non-hydrogen) atoms. The number of aryl methyl sites for hydroxylation is 2. The van der Waals surface area contributed by atoms with E-state index in [2.05, 4.69) is 15.1 Å². The molecule has 2 heterocycles. The Morgan fingerprint density at radius 2 is 2.12 bits per heavy atom. The van der Waals surface area contributed by atoms with E-state index in [4.69, 9.17) is 5.73 Å². The minimum Gasteiger partial charge on any atom is -0.369 e. The molecule has 0 saturated carbocycles. The number of rotatable bonds is 2. The Bertz CT molecular complexity index is 685. The third-order valence-corrected chi connectivity index (χ3v) is 2.47. The van der Waals surface area contributed by atoms with Crippen molar-refractivity contribution in [2.45, 2.75) is 19.8 Å². The Kier molecular flexibility index (Phi) is 2.66. The van der Waals surface area contributed by atoms with Crippen LogP contribution in [0.2, 0.25) is 0 Å². The van der Waals surface area contributed by atoms with E-state index in [0.717, 1.165) is 6.42 Å². The molecule has 0 bridgehead atoms. The van der Waals surface area contributed by atoms with Gasteiger partial charge in [0, 0.05) is 7.05 Å². The Balaban J connectivity index is 2.94. The van der Waals surface area contributed by atoms with E-state index in [-0.39, 0.29) is 22.4 Å². The molecule has 7 nitrogen and oxygen atoms in total. The fraction of sp³-hybridized carbons (Fsp3) is 0.400. The number of nitrogen functional groups attached to an aromatic ring is 1. The Hall–Kier alpha value is -2.18. The largest absolute Gasteiger partial charge is 0.369 e. The van der Waals surface area contributed by atoms with Crippen LogP contribution in [0.3, 0.4) is 0 Å². The van der Waals surface area contributed by atoms with E-state index < -0.39 is 5.56 Å². The van der Waals surface area contributed by atoms with Gasteiger partial charge in [-0.15, -0.1) is 0 Å². The van der Waals surface area contributed by atoms with Crippen molar-refractivity contribution in [1.82, 2.24) is 19.7 Å². The highest BCUT2D eigenvalue weighted by Gasteiger charge is 2.13. The highest BCUT2D eigenvalue weighted by molar-refractivity contribution is 5.74. The number of hydrogen-bond acceptors (Lipinski definition) is 5. The second kappa shape index (κ2) is 4.00. The number of aromatic nitrogens is 4. The van der Waals surface area contributed by atoms with Crippen LogP contribution >= 0.6 is 0 Å².